The normalized spacial score (nSPS) is 10.9. The van der Waals surface area contributed by atoms with Gasteiger partial charge in [-0.1, -0.05) is 0 Å². The number of aromatic hydroxyl groups is 1. The number of hydrogen-bond donors (Lipinski definition) is 2. The van der Waals surface area contributed by atoms with Crippen LogP contribution in [0.5, 0.6) is 11.5 Å². The summed E-state index contributed by atoms with van der Waals surface area (Å²) in [6.45, 7) is 3.60. The lowest BCUT2D eigenvalue weighted by atomic mass is 10.1. The van der Waals surface area contributed by atoms with Crippen molar-refractivity contribution in [2.45, 2.75) is 18.7 Å². The number of benzene rings is 2. The van der Waals surface area contributed by atoms with Crippen molar-refractivity contribution in [1.82, 2.24) is 0 Å². The van der Waals surface area contributed by atoms with Gasteiger partial charge >= 0.3 is 5.63 Å². The first-order chi connectivity index (χ1) is 12.1. The van der Waals surface area contributed by atoms with Crippen molar-refractivity contribution < 1.29 is 27.2 Å². The minimum Gasteiger partial charge on any atom is -0.508 e. The van der Waals surface area contributed by atoms with Crippen molar-refractivity contribution in [3.05, 3.63) is 64.0 Å². The van der Waals surface area contributed by atoms with E-state index < -0.39 is 10.1 Å². The van der Waals surface area contributed by atoms with Crippen LogP contribution in [0.1, 0.15) is 11.1 Å². The van der Waals surface area contributed by atoms with Crippen molar-refractivity contribution in [2.75, 3.05) is 7.11 Å². The van der Waals surface area contributed by atoms with E-state index in [0.29, 0.717) is 16.9 Å². The number of ether oxygens (including phenoxy) is 1. The Kier molecular flexibility index (Phi) is 5.69. The minimum atomic E-state index is -4.08. The summed E-state index contributed by atoms with van der Waals surface area (Å²) in [7, 11) is -2.61. The highest BCUT2D eigenvalue weighted by atomic mass is 32.2. The predicted molar refractivity (Wildman–Crippen MR) is 96.4 cm³/mol. The zero-order valence-corrected chi connectivity index (χ0v) is 15.2. The first-order valence-electron chi connectivity index (χ1n) is 7.48. The lowest BCUT2D eigenvalue weighted by Crippen LogP contribution is -2.05. The van der Waals surface area contributed by atoms with E-state index in [1.807, 2.05) is 6.92 Å². The number of phenolic OH excluding ortho intramolecular Hbond substituents is 1. The molecule has 26 heavy (non-hydrogen) atoms. The second-order valence-corrected chi connectivity index (χ2v) is 6.89. The summed E-state index contributed by atoms with van der Waals surface area (Å²) in [4.78, 5) is 11.2. The molecule has 8 heteroatoms. The maximum absolute atomic E-state index is 11.3. The third-order valence-corrected chi connectivity index (χ3v) is 4.67. The molecule has 0 aliphatic rings. The fourth-order valence-electron chi connectivity index (χ4n) is 2.18. The second-order valence-electron chi connectivity index (χ2n) is 5.47. The van der Waals surface area contributed by atoms with Gasteiger partial charge in [-0.25, -0.2) is 4.79 Å². The first-order valence-corrected chi connectivity index (χ1v) is 8.92. The van der Waals surface area contributed by atoms with Gasteiger partial charge in [0.15, 0.2) is 0 Å². The zero-order chi connectivity index (χ0) is 19.5. The fraction of sp³-hybridized carbons (Fsp3) is 0.167. The molecule has 0 spiro atoms. The molecular formula is C18H18O7S. The molecule has 1 heterocycles. The summed E-state index contributed by atoms with van der Waals surface area (Å²) in [6, 6.07) is 10.2. The molecule has 1 aromatic heterocycles. The van der Waals surface area contributed by atoms with E-state index in [9.17, 15) is 18.3 Å². The van der Waals surface area contributed by atoms with E-state index in [0.717, 1.165) is 10.9 Å². The molecule has 2 aromatic carbocycles. The lowest BCUT2D eigenvalue weighted by molar-refractivity contribution is 0.414. The van der Waals surface area contributed by atoms with Crippen LogP contribution < -0.4 is 10.4 Å². The second kappa shape index (κ2) is 7.59. The molecule has 0 radical (unpaired) electrons. The Hall–Kier alpha value is -2.84. The van der Waals surface area contributed by atoms with Gasteiger partial charge in [-0.3, -0.25) is 4.55 Å². The average molecular weight is 378 g/mol. The number of phenols is 1. The molecule has 3 rings (SSSR count). The Labute approximate surface area is 150 Å². The highest BCUT2D eigenvalue weighted by Gasteiger charge is 2.08. The van der Waals surface area contributed by atoms with Gasteiger partial charge in [0, 0.05) is 17.0 Å². The van der Waals surface area contributed by atoms with Gasteiger partial charge in [0.2, 0.25) is 0 Å². The van der Waals surface area contributed by atoms with Gasteiger partial charge in [-0.05, 0) is 55.8 Å². The number of aryl methyl sites for hydroxylation is 1. The monoisotopic (exact) mass is 378 g/mol. The topological polar surface area (TPSA) is 114 Å². The summed E-state index contributed by atoms with van der Waals surface area (Å²) in [5.74, 6) is 0.645. The molecule has 0 unspecified atom stereocenters. The number of methoxy groups -OCH3 is 1. The molecule has 0 saturated carbocycles. The Morgan fingerprint density at radius 3 is 2.15 bits per heavy atom. The van der Waals surface area contributed by atoms with Crippen LogP contribution in [0.15, 0.2) is 56.6 Å². The quantitative estimate of drug-likeness (QED) is 0.520. The standard InChI is InChI=1S/C11H10O3.C7H8O4S/c1-6-7(2)11(13)14-10-5-8(12)3-4-9(6)10;1-11-6-2-4-7(5-3-6)12(8,9)10/h3-5,12H,1-2H3;2-5H,1H3,(H,8,9,10). The highest BCUT2D eigenvalue weighted by molar-refractivity contribution is 7.85. The van der Waals surface area contributed by atoms with Crippen molar-refractivity contribution in [3.63, 3.8) is 0 Å². The van der Waals surface area contributed by atoms with Gasteiger partial charge in [-0.15, -0.1) is 0 Å². The molecule has 3 aromatic rings. The smallest absolute Gasteiger partial charge is 0.339 e. The molecule has 0 fully saturated rings. The van der Waals surface area contributed by atoms with Crippen LogP contribution in [-0.4, -0.2) is 25.2 Å². The highest BCUT2D eigenvalue weighted by Crippen LogP contribution is 2.22. The van der Waals surface area contributed by atoms with Crippen molar-refractivity contribution in [2.24, 2.45) is 0 Å². The molecule has 0 atom stereocenters. The lowest BCUT2D eigenvalue weighted by Gasteiger charge is -2.03. The molecule has 0 aliphatic carbocycles. The summed E-state index contributed by atoms with van der Waals surface area (Å²) in [6.07, 6.45) is 0. The molecule has 7 nitrogen and oxygen atoms in total. The van der Waals surface area contributed by atoms with Crippen LogP contribution in [0.2, 0.25) is 0 Å². The molecule has 2 N–H and O–H groups in total. The summed E-state index contributed by atoms with van der Waals surface area (Å²) >= 11 is 0. The number of hydrogen-bond acceptors (Lipinski definition) is 6. The summed E-state index contributed by atoms with van der Waals surface area (Å²) < 4.78 is 39.5. The molecule has 0 saturated heterocycles. The van der Waals surface area contributed by atoms with Crippen molar-refractivity contribution in [3.8, 4) is 11.5 Å². The van der Waals surface area contributed by atoms with Crippen LogP contribution in [-0.2, 0) is 10.1 Å². The third kappa shape index (κ3) is 4.41. The third-order valence-electron chi connectivity index (χ3n) is 3.80. The Balaban J connectivity index is 0.000000190. The van der Waals surface area contributed by atoms with Crippen LogP contribution in [0.3, 0.4) is 0 Å². The van der Waals surface area contributed by atoms with E-state index >= 15 is 0 Å². The summed E-state index contributed by atoms with van der Waals surface area (Å²) in [5, 5.41) is 10.1. The van der Waals surface area contributed by atoms with Crippen LogP contribution in [0.25, 0.3) is 11.0 Å². The first kappa shape index (κ1) is 19.5. The molecule has 0 amide bonds. The molecule has 0 bridgehead atoms. The van der Waals surface area contributed by atoms with E-state index in [1.54, 1.807) is 19.1 Å². The Morgan fingerprint density at radius 1 is 1.00 bits per heavy atom. The van der Waals surface area contributed by atoms with Crippen LogP contribution >= 0.6 is 0 Å². The largest absolute Gasteiger partial charge is 0.508 e. The maximum Gasteiger partial charge on any atom is 0.339 e. The van der Waals surface area contributed by atoms with Gasteiger partial charge in [0.05, 0.1) is 12.0 Å². The van der Waals surface area contributed by atoms with Gasteiger partial charge in [0.25, 0.3) is 10.1 Å². The maximum atomic E-state index is 11.3. The SMILES string of the molecule is COc1ccc(S(=O)(=O)O)cc1.Cc1c(C)c2ccc(O)cc2oc1=O. The molecule has 138 valence electrons. The van der Waals surface area contributed by atoms with Crippen LogP contribution in [0, 0.1) is 13.8 Å². The molecule has 0 aliphatic heterocycles. The van der Waals surface area contributed by atoms with Gasteiger partial charge < -0.3 is 14.3 Å². The van der Waals surface area contributed by atoms with E-state index in [1.165, 1.54) is 37.4 Å². The zero-order valence-electron chi connectivity index (χ0n) is 14.4. The van der Waals surface area contributed by atoms with Crippen molar-refractivity contribution >= 4 is 21.1 Å². The van der Waals surface area contributed by atoms with Gasteiger partial charge in [0.1, 0.15) is 17.1 Å². The van der Waals surface area contributed by atoms with Crippen molar-refractivity contribution in [1.29, 1.82) is 0 Å². The number of fused-ring (bicyclic) bond motifs is 1. The minimum absolute atomic E-state index is 0.101. The molecular weight excluding hydrogens is 360 g/mol. The van der Waals surface area contributed by atoms with E-state index in [4.69, 9.17) is 13.7 Å². The average Bonchev–Trinajstić information content (AvgIpc) is 2.59. The number of rotatable bonds is 2. The Morgan fingerprint density at radius 2 is 1.62 bits per heavy atom. The predicted octanol–water partition coefficient (Wildman–Crippen LogP) is 3.06. The van der Waals surface area contributed by atoms with Gasteiger partial charge in [-0.2, -0.15) is 8.42 Å². The Bertz CT molecular complexity index is 1080. The summed E-state index contributed by atoms with van der Waals surface area (Å²) in [5.41, 5.74) is 1.60. The van der Waals surface area contributed by atoms with E-state index in [2.05, 4.69) is 0 Å². The fourth-order valence-corrected chi connectivity index (χ4v) is 2.66. The van der Waals surface area contributed by atoms with Crippen LogP contribution in [0.4, 0.5) is 0 Å². The van der Waals surface area contributed by atoms with E-state index in [-0.39, 0.29) is 16.3 Å².